The second kappa shape index (κ2) is 8.05. The number of nitrogens with one attached hydrogen (secondary N) is 1. The quantitative estimate of drug-likeness (QED) is 0.795. The SMILES string of the molecule is COc1cnc(C(=O)NC(C)C2CCN(C(=O)C(C)N)CC2)cn1. The van der Waals surface area contributed by atoms with Crippen LogP contribution in [0.2, 0.25) is 0 Å². The average molecular weight is 335 g/mol. The van der Waals surface area contributed by atoms with Crippen LogP contribution < -0.4 is 15.8 Å². The van der Waals surface area contributed by atoms with E-state index in [9.17, 15) is 9.59 Å². The van der Waals surface area contributed by atoms with E-state index in [0.29, 0.717) is 24.9 Å². The summed E-state index contributed by atoms with van der Waals surface area (Å²) in [6.07, 6.45) is 4.49. The first-order valence-corrected chi connectivity index (χ1v) is 8.13. The van der Waals surface area contributed by atoms with Crippen molar-refractivity contribution < 1.29 is 14.3 Å². The monoisotopic (exact) mass is 335 g/mol. The van der Waals surface area contributed by atoms with Gasteiger partial charge in [-0.3, -0.25) is 9.59 Å². The van der Waals surface area contributed by atoms with Crippen molar-refractivity contribution in [3.05, 3.63) is 18.1 Å². The standard InChI is InChI=1S/C16H25N5O3/c1-10(17)16(23)21-6-4-12(5-7-21)11(2)20-15(22)13-8-19-14(24-3)9-18-13/h8-12H,4-7,17H2,1-3H3,(H,20,22). The number of hydrogen-bond donors (Lipinski definition) is 2. The number of hydrogen-bond acceptors (Lipinski definition) is 6. The zero-order chi connectivity index (χ0) is 17.7. The van der Waals surface area contributed by atoms with Gasteiger partial charge in [-0.1, -0.05) is 0 Å². The molecule has 0 aliphatic carbocycles. The average Bonchev–Trinajstić information content (AvgIpc) is 2.61. The Labute approximate surface area is 141 Å². The predicted octanol–water partition coefficient (Wildman–Crippen LogP) is 0.189. The molecule has 0 spiro atoms. The maximum Gasteiger partial charge on any atom is 0.271 e. The fraction of sp³-hybridized carbons (Fsp3) is 0.625. The van der Waals surface area contributed by atoms with Gasteiger partial charge in [-0.05, 0) is 32.6 Å². The number of amides is 2. The molecule has 8 nitrogen and oxygen atoms in total. The Morgan fingerprint density at radius 2 is 1.96 bits per heavy atom. The smallest absolute Gasteiger partial charge is 0.271 e. The van der Waals surface area contributed by atoms with Crippen LogP contribution in [0.15, 0.2) is 12.4 Å². The molecule has 2 heterocycles. The Kier molecular flexibility index (Phi) is 6.08. The predicted molar refractivity (Wildman–Crippen MR) is 88.5 cm³/mol. The van der Waals surface area contributed by atoms with Crippen molar-refractivity contribution in [3.63, 3.8) is 0 Å². The second-order valence-corrected chi connectivity index (χ2v) is 6.16. The molecule has 1 fully saturated rings. The molecule has 3 N–H and O–H groups in total. The largest absolute Gasteiger partial charge is 0.480 e. The summed E-state index contributed by atoms with van der Waals surface area (Å²) in [6, 6.07) is -0.471. The first kappa shape index (κ1) is 18.1. The molecule has 1 aromatic heterocycles. The molecule has 0 radical (unpaired) electrons. The molecule has 2 rings (SSSR count). The third kappa shape index (κ3) is 4.41. The molecule has 2 atom stereocenters. The van der Waals surface area contributed by atoms with Crippen molar-refractivity contribution in [2.45, 2.75) is 38.8 Å². The highest BCUT2D eigenvalue weighted by molar-refractivity contribution is 5.92. The number of carbonyl (C=O) groups excluding carboxylic acids is 2. The van der Waals surface area contributed by atoms with Crippen LogP contribution in [0.3, 0.4) is 0 Å². The molecular weight excluding hydrogens is 310 g/mol. The maximum absolute atomic E-state index is 12.2. The lowest BCUT2D eigenvalue weighted by Gasteiger charge is -2.35. The molecule has 132 valence electrons. The molecule has 2 amide bonds. The number of methoxy groups -OCH3 is 1. The van der Waals surface area contributed by atoms with Crippen molar-refractivity contribution in [2.24, 2.45) is 11.7 Å². The molecule has 8 heteroatoms. The number of aromatic nitrogens is 2. The Morgan fingerprint density at radius 1 is 1.29 bits per heavy atom. The molecule has 0 saturated carbocycles. The first-order valence-electron chi connectivity index (χ1n) is 8.13. The van der Waals surface area contributed by atoms with E-state index in [1.165, 1.54) is 19.5 Å². The molecule has 1 aromatic rings. The number of ether oxygens (including phenoxy) is 1. The molecule has 0 aromatic carbocycles. The highest BCUT2D eigenvalue weighted by Crippen LogP contribution is 2.21. The number of nitrogens with zero attached hydrogens (tertiary/aromatic N) is 3. The summed E-state index contributed by atoms with van der Waals surface area (Å²) in [6.45, 7) is 5.02. The number of piperidine rings is 1. The van der Waals surface area contributed by atoms with E-state index in [-0.39, 0.29) is 23.6 Å². The topological polar surface area (TPSA) is 110 Å². The van der Waals surface area contributed by atoms with Crippen molar-refractivity contribution in [1.29, 1.82) is 0 Å². The van der Waals surface area contributed by atoms with E-state index in [1.54, 1.807) is 11.8 Å². The van der Waals surface area contributed by atoms with E-state index in [4.69, 9.17) is 10.5 Å². The molecular formula is C16H25N5O3. The van der Waals surface area contributed by atoms with Crippen LogP contribution in [0, 0.1) is 5.92 Å². The summed E-state index contributed by atoms with van der Waals surface area (Å²) < 4.78 is 4.92. The molecule has 1 aliphatic heterocycles. The van der Waals surface area contributed by atoms with Gasteiger partial charge in [0.2, 0.25) is 11.8 Å². The molecule has 24 heavy (non-hydrogen) atoms. The Balaban J connectivity index is 1.85. The number of rotatable bonds is 5. The van der Waals surface area contributed by atoms with Crippen LogP contribution >= 0.6 is 0 Å². The van der Waals surface area contributed by atoms with Gasteiger partial charge in [-0.2, -0.15) is 0 Å². The van der Waals surface area contributed by atoms with Crippen LogP contribution in [-0.4, -0.2) is 59.0 Å². The zero-order valence-corrected chi connectivity index (χ0v) is 14.4. The summed E-state index contributed by atoms with van der Waals surface area (Å²) in [5, 5.41) is 2.96. The summed E-state index contributed by atoms with van der Waals surface area (Å²) in [5.74, 6) is 0.411. The van der Waals surface area contributed by atoms with Crippen molar-refractivity contribution in [1.82, 2.24) is 20.2 Å². The van der Waals surface area contributed by atoms with Gasteiger partial charge in [0.1, 0.15) is 5.69 Å². The van der Waals surface area contributed by atoms with Gasteiger partial charge in [-0.15, -0.1) is 0 Å². The minimum atomic E-state index is -0.465. The number of nitrogens with two attached hydrogens (primary N) is 1. The fourth-order valence-electron chi connectivity index (χ4n) is 2.85. The van der Waals surface area contributed by atoms with Gasteiger partial charge in [0.05, 0.1) is 25.5 Å². The normalized spacial score (nSPS) is 17.9. The number of carbonyl (C=O) groups is 2. The Hall–Kier alpha value is -2.22. The molecule has 2 unspecified atom stereocenters. The fourth-order valence-corrected chi connectivity index (χ4v) is 2.85. The van der Waals surface area contributed by atoms with Gasteiger partial charge in [0, 0.05) is 19.1 Å². The van der Waals surface area contributed by atoms with Crippen LogP contribution in [0.1, 0.15) is 37.2 Å². The van der Waals surface area contributed by atoms with Gasteiger partial charge in [0.25, 0.3) is 5.91 Å². The minimum Gasteiger partial charge on any atom is -0.480 e. The summed E-state index contributed by atoms with van der Waals surface area (Å²) in [4.78, 5) is 33.9. The van der Waals surface area contributed by atoms with E-state index in [1.807, 2.05) is 6.92 Å². The Bertz CT molecular complexity index is 568. The summed E-state index contributed by atoms with van der Waals surface area (Å²) >= 11 is 0. The second-order valence-electron chi connectivity index (χ2n) is 6.16. The molecule has 1 saturated heterocycles. The third-order valence-corrected chi connectivity index (χ3v) is 4.38. The lowest BCUT2D eigenvalue weighted by atomic mass is 9.90. The van der Waals surface area contributed by atoms with Gasteiger partial charge < -0.3 is 20.7 Å². The van der Waals surface area contributed by atoms with Crippen LogP contribution in [-0.2, 0) is 4.79 Å². The van der Waals surface area contributed by atoms with Crippen molar-refractivity contribution >= 4 is 11.8 Å². The lowest BCUT2D eigenvalue weighted by molar-refractivity contribution is -0.133. The highest BCUT2D eigenvalue weighted by Gasteiger charge is 2.28. The third-order valence-electron chi connectivity index (χ3n) is 4.38. The van der Waals surface area contributed by atoms with Crippen LogP contribution in [0.25, 0.3) is 0 Å². The van der Waals surface area contributed by atoms with E-state index >= 15 is 0 Å². The van der Waals surface area contributed by atoms with Crippen LogP contribution in [0.5, 0.6) is 5.88 Å². The van der Waals surface area contributed by atoms with E-state index in [0.717, 1.165) is 12.8 Å². The maximum atomic E-state index is 12.2. The van der Waals surface area contributed by atoms with Crippen LogP contribution in [0.4, 0.5) is 0 Å². The van der Waals surface area contributed by atoms with E-state index in [2.05, 4.69) is 15.3 Å². The van der Waals surface area contributed by atoms with Crippen molar-refractivity contribution in [2.75, 3.05) is 20.2 Å². The van der Waals surface area contributed by atoms with Crippen molar-refractivity contribution in [3.8, 4) is 5.88 Å². The van der Waals surface area contributed by atoms with Gasteiger partial charge in [0.15, 0.2) is 0 Å². The minimum absolute atomic E-state index is 0.00560. The Morgan fingerprint density at radius 3 is 2.46 bits per heavy atom. The number of likely N-dealkylation sites (tertiary alicyclic amines) is 1. The van der Waals surface area contributed by atoms with Gasteiger partial charge in [-0.25, -0.2) is 9.97 Å². The zero-order valence-electron chi connectivity index (χ0n) is 14.4. The highest BCUT2D eigenvalue weighted by atomic mass is 16.5. The van der Waals surface area contributed by atoms with E-state index < -0.39 is 6.04 Å². The van der Waals surface area contributed by atoms with Gasteiger partial charge >= 0.3 is 0 Å². The molecule has 0 bridgehead atoms. The summed E-state index contributed by atoms with van der Waals surface area (Å²) in [5.41, 5.74) is 5.90. The first-order chi connectivity index (χ1) is 11.4. The summed E-state index contributed by atoms with van der Waals surface area (Å²) in [7, 11) is 1.49. The molecule has 1 aliphatic rings. The lowest BCUT2D eigenvalue weighted by Crippen LogP contribution is -2.49.